The van der Waals surface area contributed by atoms with Gasteiger partial charge in [0.25, 0.3) is 0 Å². The molecule has 1 heterocycles. The predicted molar refractivity (Wildman–Crippen MR) is 64.8 cm³/mol. The average molecular weight is 210 g/mol. The molecule has 0 unspecified atom stereocenters. The van der Waals surface area contributed by atoms with Crippen molar-refractivity contribution < 1.29 is 0 Å². The Hall–Kier alpha value is -0.700. The summed E-state index contributed by atoms with van der Waals surface area (Å²) in [5, 5.41) is 3.88. The standard InChI is InChI=1S/C11H18N2S/c1-4-12-11-7-5-6-10(13-11)8-14-9(2)3/h5-7,9H,4,8H2,1-3H3,(H,12,13). The summed E-state index contributed by atoms with van der Waals surface area (Å²) < 4.78 is 0. The van der Waals surface area contributed by atoms with Crippen LogP contribution in [0.25, 0.3) is 0 Å². The number of aromatic nitrogens is 1. The fourth-order valence-corrected chi connectivity index (χ4v) is 1.76. The predicted octanol–water partition coefficient (Wildman–Crippen LogP) is 3.16. The SMILES string of the molecule is CCNc1cccc(CSC(C)C)n1. The summed E-state index contributed by atoms with van der Waals surface area (Å²) in [6, 6.07) is 6.14. The van der Waals surface area contributed by atoms with Crippen molar-refractivity contribution in [1.82, 2.24) is 4.98 Å². The molecular weight excluding hydrogens is 192 g/mol. The number of rotatable bonds is 5. The highest BCUT2D eigenvalue weighted by Crippen LogP contribution is 2.16. The van der Waals surface area contributed by atoms with Gasteiger partial charge in [0.2, 0.25) is 0 Å². The molecule has 14 heavy (non-hydrogen) atoms. The number of hydrogen-bond acceptors (Lipinski definition) is 3. The van der Waals surface area contributed by atoms with Gasteiger partial charge in [-0.3, -0.25) is 0 Å². The van der Waals surface area contributed by atoms with Crippen molar-refractivity contribution in [3.63, 3.8) is 0 Å². The van der Waals surface area contributed by atoms with Gasteiger partial charge in [-0.2, -0.15) is 11.8 Å². The molecule has 0 spiro atoms. The molecule has 0 aliphatic carbocycles. The highest BCUT2D eigenvalue weighted by atomic mass is 32.2. The van der Waals surface area contributed by atoms with E-state index < -0.39 is 0 Å². The van der Waals surface area contributed by atoms with Gasteiger partial charge in [0.15, 0.2) is 0 Å². The Morgan fingerprint density at radius 3 is 2.86 bits per heavy atom. The Labute approximate surface area is 90.5 Å². The zero-order valence-electron chi connectivity index (χ0n) is 9.08. The minimum Gasteiger partial charge on any atom is -0.370 e. The van der Waals surface area contributed by atoms with Crippen LogP contribution >= 0.6 is 11.8 Å². The second-order valence-corrected chi connectivity index (χ2v) is 4.97. The maximum atomic E-state index is 4.50. The molecule has 1 rings (SSSR count). The minimum atomic E-state index is 0.666. The van der Waals surface area contributed by atoms with Crippen molar-refractivity contribution >= 4 is 17.6 Å². The fraction of sp³-hybridized carbons (Fsp3) is 0.545. The molecule has 0 aliphatic heterocycles. The van der Waals surface area contributed by atoms with E-state index in [1.165, 1.54) is 0 Å². The van der Waals surface area contributed by atoms with Gasteiger partial charge in [0.1, 0.15) is 5.82 Å². The molecule has 0 fully saturated rings. The molecule has 0 amide bonds. The Morgan fingerprint density at radius 2 is 2.21 bits per heavy atom. The number of nitrogens with zero attached hydrogens (tertiary/aromatic N) is 1. The molecule has 1 aromatic heterocycles. The van der Waals surface area contributed by atoms with Crippen LogP contribution in [0.5, 0.6) is 0 Å². The summed E-state index contributed by atoms with van der Waals surface area (Å²) in [5.74, 6) is 1.98. The van der Waals surface area contributed by atoms with Crippen molar-refractivity contribution in [2.45, 2.75) is 31.8 Å². The lowest BCUT2D eigenvalue weighted by molar-refractivity contribution is 1.08. The Morgan fingerprint density at radius 1 is 1.43 bits per heavy atom. The Balaban J connectivity index is 2.54. The van der Waals surface area contributed by atoms with Gasteiger partial charge in [0, 0.05) is 12.3 Å². The van der Waals surface area contributed by atoms with E-state index in [4.69, 9.17) is 0 Å². The van der Waals surface area contributed by atoms with E-state index in [-0.39, 0.29) is 0 Å². The van der Waals surface area contributed by atoms with Crippen LogP contribution in [0, 0.1) is 0 Å². The van der Waals surface area contributed by atoms with Crippen LogP contribution in [-0.4, -0.2) is 16.8 Å². The number of anilines is 1. The van der Waals surface area contributed by atoms with Gasteiger partial charge in [0.05, 0.1) is 5.69 Å². The Bertz CT molecular complexity index is 274. The van der Waals surface area contributed by atoms with Gasteiger partial charge in [-0.25, -0.2) is 4.98 Å². The number of pyridine rings is 1. The third-order valence-corrected chi connectivity index (χ3v) is 2.86. The zero-order valence-corrected chi connectivity index (χ0v) is 9.90. The van der Waals surface area contributed by atoms with Crippen LogP contribution < -0.4 is 5.32 Å². The lowest BCUT2D eigenvalue weighted by atomic mass is 10.4. The molecule has 0 saturated carbocycles. The Kier molecular flexibility index (Phi) is 4.80. The second kappa shape index (κ2) is 5.91. The van der Waals surface area contributed by atoms with Crippen LogP contribution in [0.2, 0.25) is 0 Å². The highest BCUT2D eigenvalue weighted by Gasteiger charge is 1.99. The summed E-state index contributed by atoms with van der Waals surface area (Å²) in [5.41, 5.74) is 1.15. The summed E-state index contributed by atoms with van der Waals surface area (Å²) >= 11 is 1.92. The molecule has 3 heteroatoms. The van der Waals surface area contributed by atoms with Crippen molar-refractivity contribution in [1.29, 1.82) is 0 Å². The summed E-state index contributed by atoms with van der Waals surface area (Å²) in [4.78, 5) is 4.50. The van der Waals surface area contributed by atoms with Gasteiger partial charge >= 0.3 is 0 Å². The average Bonchev–Trinajstić information content (AvgIpc) is 2.16. The third kappa shape index (κ3) is 4.01. The summed E-state index contributed by atoms with van der Waals surface area (Å²) in [6.45, 7) is 7.42. The number of hydrogen-bond donors (Lipinski definition) is 1. The first-order chi connectivity index (χ1) is 6.72. The van der Waals surface area contributed by atoms with Crippen LogP contribution in [0.4, 0.5) is 5.82 Å². The highest BCUT2D eigenvalue weighted by molar-refractivity contribution is 7.99. The summed E-state index contributed by atoms with van der Waals surface area (Å²) in [6.07, 6.45) is 0. The lowest BCUT2D eigenvalue weighted by Gasteiger charge is -2.06. The molecule has 1 aromatic rings. The molecular formula is C11H18N2S. The van der Waals surface area contributed by atoms with Gasteiger partial charge in [-0.1, -0.05) is 19.9 Å². The third-order valence-electron chi connectivity index (χ3n) is 1.73. The van der Waals surface area contributed by atoms with Crippen LogP contribution in [0.15, 0.2) is 18.2 Å². The first kappa shape index (κ1) is 11.4. The van der Waals surface area contributed by atoms with Crippen LogP contribution in [0.1, 0.15) is 26.5 Å². The summed E-state index contributed by atoms with van der Waals surface area (Å²) in [7, 11) is 0. The second-order valence-electron chi connectivity index (χ2n) is 3.40. The molecule has 78 valence electrons. The molecule has 0 atom stereocenters. The van der Waals surface area contributed by atoms with E-state index in [9.17, 15) is 0 Å². The van der Waals surface area contributed by atoms with E-state index in [2.05, 4.69) is 43.2 Å². The van der Waals surface area contributed by atoms with Crippen molar-refractivity contribution in [2.24, 2.45) is 0 Å². The van der Waals surface area contributed by atoms with Gasteiger partial charge in [-0.15, -0.1) is 0 Å². The smallest absolute Gasteiger partial charge is 0.126 e. The minimum absolute atomic E-state index is 0.666. The molecule has 0 saturated heterocycles. The van der Waals surface area contributed by atoms with Crippen molar-refractivity contribution in [3.8, 4) is 0 Å². The normalized spacial score (nSPS) is 10.6. The van der Waals surface area contributed by atoms with E-state index >= 15 is 0 Å². The van der Waals surface area contributed by atoms with E-state index in [0.29, 0.717) is 5.25 Å². The van der Waals surface area contributed by atoms with E-state index in [0.717, 1.165) is 23.8 Å². The number of nitrogens with one attached hydrogen (secondary N) is 1. The largest absolute Gasteiger partial charge is 0.370 e. The molecule has 0 bridgehead atoms. The van der Waals surface area contributed by atoms with Gasteiger partial charge in [-0.05, 0) is 24.3 Å². The first-order valence-corrected chi connectivity index (χ1v) is 6.08. The monoisotopic (exact) mass is 210 g/mol. The molecule has 2 nitrogen and oxygen atoms in total. The zero-order chi connectivity index (χ0) is 10.4. The number of thioether (sulfide) groups is 1. The van der Waals surface area contributed by atoms with Gasteiger partial charge < -0.3 is 5.32 Å². The maximum absolute atomic E-state index is 4.50. The van der Waals surface area contributed by atoms with Crippen LogP contribution in [-0.2, 0) is 5.75 Å². The topological polar surface area (TPSA) is 24.9 Å². The van der Waals surface area contributed by atoms with Crippen molar-refractivity contribution in [2.75, 3.05) is 11.9 Å². The molecule has 1 N–H and O–H groups in total. The van der Waals surface area contributed by atoms with Crippen molar-refractivity contribution in [3.05, 3.63) is 23.9 Å². The quantitative estimate of drug-likeness (QED) is 0.808. The lowest BCUT2D eigenvalue weighted by Crippen LogP contribution is -2.00. The van der Waals surface area contributed by atoms with E-state index in [1.807, 2.05) is 17.8 Å². The fourth-order valence-electron chi connectivity index (χ4n) is 1.09. The molecule has 0 radical (unpaired) electrons. The molecule has 0 aliphatic rings. The van der Waals surface area contributed by atoms with E-state index in [1.54, 1.807) is 0 Å². The molecule has 0 aromatic carbocycles. The van der Waals surface area contributed by atoms with Crippen LogP contribution in [0.3, 0.4) is 0 Å². The maximum Gasteiger partial charge on any atom is 0.126 e. The first-order valence-electron chi connectivity index (χ1n) is 5.03.